The normalized spacial score (nSPS) is 12.9. The van der Waals surface area contributed by atoms with Crippen LogP contribution in [0, 0.1) is 0 Å². The Morgan fingerprint density at radius 1 is 0.368 bits per heavy atom. The van der Waals surface area contributed by atoms with E-state index < -0.39 is 12.1 Å². The quantitative estimate of drug-likeness (QED) is 0.0320. The number of aliphatic hydroxyl groups is 2. The number of carbonyl (C=O) groups is 2. The molecule has 0 bridgehead atoms. The van der Waals surface area contributed by atoms with Gasteiger partial charge in [0.15, 0.2) is 0 Å². The van der Waals surface area contributed by atoms with Gasteiger partial charge in [0.25, 0.3) is 0 Å². The summed E-state index contributed by atoms with van der Waals surface area (Å²) in [7, 11) is 0. The van der Waals surface area contributed by atoms with Gasteiger partial charge >= 0.3 is 5.97 Å². The minimum absolute atomic E-state index is 0.0506. The van der Waals surface area contributed by atoms with Gasteiger partial charge in [-0.1, -0.05) is 319 Å². The van der Waals surface area contributed by atoms with Crippen LogP contribution < -0.4 is 5.32 Å². The first-order chi connectivity index (χ1) is 37.5. The highest BCUT2D eigenvalue weighted by molar-refractivity contribution is 5.76. The zero-order chi connectivity index (χ0) is 55.0. The van der Waals surface area contributed by atoms with E-state index in [0.29, 0.717) is 19.4 Å². The molecule has 2 atom stereocenters. The molecule has 0 spiro atoms. The molecule has 0 aliphatic heterocycles. The Labute approximate surface area is 473 Å². The minimum Gasteiger partial charge on any atom is -0.465 e. The van der Waals surface area contributed by atoms with E-state index in [0.717, 1.165) is 64.2 Å². The van der Waals surface area contributed by atoms with Gasteiger partial charge in [-0.3, -0.25) is 9.59 Å². The second-order valence-electron chi connectivity index (χ2n) is 22.8. The van der Waals surface area contributed by atoms with Crippen LogP contribution in [-0.4, -0.2) is 47.4 Å². The fourth-order valence-corrected chi connectivity index (χ4v) is 10.1. The highest BCUT2D eigenvalue weighted by atomic mass is 16.5. The Hall–Kier alpha value is -2.44. The number of aliphatic hydroxyl groups excluding tert-OH is 2. The summed E-state index contributed by atoms with van der Waals surface area (Å²) >= 11 is 0. The first kappa shape index (κ1) is 73.6. The fourth-order valence-electron chi connectivity index (χ4n) is 10.1. The average Bonchev–Trinajstić information content (AvgIpc) is 3.42. The van der Waals surface area contributed by atoms with Gasteiger partial charge in [-0.15, -0.1) is 0 Å². The molecule has 0 aliphatic rings. The van der Waals surface area contributed by atoms with Gasteiger partial charge in [0.1, 0.15) is 0 Å². The molecule has 0 aromatic carbocycles. The molecule has 1 amide bonds. The van der Waals surface area contributed by atoms with Gasteiger partial charge in [0.2, 0.25) is 5.91 Å². The fraction of sp³-hybridized carbons (Fsp3) is 0.829. The lowest BCUT2D eigenvalue weighted by atomic mass is 10.0. The van der Waals surface area contributed by atoms with Crippen LogP contribution >= 0.6 is 0 Å². The second-order valence-corrected chi connectivity index (χ2v) is 22.8. The van der Waals surface area contributed by atoms with Gasteiger partial charge in [0, 0.05) is 12.8 Å². The minimum atomic E-state index is -0.851. The van der Waals surface area contributed by atoms with Crippen molar-refractivity contribution in [3.63, 3.8) is 0 Å². The van der Waals surface area contributed by atoms with Crippen LogP contribution in [0.25, 0.3) is 0 Å². The number of hydrogen-bond acceptors (Lipinski definition) is 5. The van der Waals surface area contributed by atoms with Crippen LogP contribution in [0.4, 0.5) is 0 Å². The maximum absolute atomic E-state index is 12.5. The monoisotopic (exact) mass is 1060 g/mol. The Bertz CT molecular complexity index is 1320. The highest BCUT2D eigenvalue weighted by Gasteiger charge is 2.18. The molecule has 0 heterocycles. The average molecular weight is 1060 g/mol. The summed E-state index contributed by atoms with van der Waals surface area (Å²) < 4.78 is 5.41. The smallest absolute Gasteiger partial charge is 0.305 e. The summed E-state index contributed by atoms with van der Waals surface area (Å²) in [5.74, 6) is -0.121. The SMILES string of the molecule is CCCC/C=C\C/C=C\CCCCCCCC(=O)OCC/C=C\C/C=C\CCCCCCCCCCCCCCCCC(=O)NC(CO)C(O)/C=C/CCCCCCCCCCCCCCCCCCCCCCCC. The topological polar surface area (TPSA) is 95.9 Å². The molecule has 0 rings (SSSR count). The molecule has 2 unspecified atom stereocenters. The molecule has 0 aromatic heterocycles. The third-order valence-corrected chi connectivity index (χ3v) is 15.3. The van der Waals surface area contributed by atoms with Crippen molar-refractivity contribution in [3.8, 4) is 0 Å². The number of hydrogen-bond donors (Lipinski definition) is 3. The van der Waals surface area contributed by atoms with Crippen molar-refractivity contribution in [2.24, 2.45) is 0 Å². The molecule has 0 fully saturated rings. The Morgan fingerprint density at radius 3 is 1.04 bits per heavy atom. The second kappa shape index (κ2) is 65.1. The molecule has 76 heavy (non-hydrogen) atoms. The summed E-state index contributed by atoms with van der Waals surface area (Å²) in [6.07, 6.45) is 85.8. The van der Waals surface area contributed by atoms with Crippen LogP contribution in [0.2, 0.25) is 0 Å². The lowest BCUT2D eigenvalue weighted by molar-refractivity contribution is -0.143. The number of ether oxygens (including phenoxy) is 1. The van der Waals surface area contributed by atoms with Crippen LogP contribution in [0.1, 0.15) is 348 Å². The van der Waals surface area contributed by atoms with E-state index >= 15 is 0 Å². The third-order valence-electron chi connectivity index (χ3n) is 15.3. The van der Waals surface area contributed by atoms with Crippen LogP contribution in [0.15, 0.2) is 60.8 Å². The molecule has 0 radical (unpaired) electrons. The molecular formula is C70H129NO5. The zero-order valence-electron chi connectivity index (χ0n) is 50.7. The van der Waals surface area contributed by atoms with Crippen molar-refractivity contribution in [3.05, 3.63) is 60.8 Å². The Morgan fingerprint density at radius 2 is 0.671 bits per heavy atom. The molecule has 6 nitrogen and oxygen atoms in total. The number of allylic oxidation sites excluding steroid dienone is 8. The first-order valence-electron chi connectivity index (χ1n) is 33.6. The number of nitrogens with one attached hydrogen (secondary N) is 1. The molecular weight excluding hydrogens is 935 g/mol. The number of amides is 1. The van der Waals surface area contributed by atoms with Crippen molar-refractivity contribution < 1.29 is 24.5 Å². The van der Waals surface area contributed by atoms with E-state index in [9.17, 15) is 19.8 Å². The van der Waals surface area contributed by atoms with Crippen molar-refractivity contribution in [2.45, 2.75) is 360 Å². The van der Waals surface area contributed by atoms with Gasteiger partial charge in [-0.2, -0.15) is 0 Å². The van der Waals surface area contributed by atoms with Gasteiger partial charge in [-0.05, 0) is 77.0 Å². The zero-order valence-corrected chi connectivity index (χ0v) is 50.7. The van der Waals surface area contributed by atoms with Crippen molar-refractivity contribution >= 4 is 11.9 Å². The van der Waals surface area contributed by atoms with E-state index in [1.807, 2.05) is 6.08 Å². The van der Waals surface area contributed by atoms with Crippen molar-refractivity contribution in [2.75, 3.05) is 13.2 Å². The molecule has 0 aliphatic carbocycles. The summed E-state index contributed by atoms with van der Waals surface area (Å²) in [5.41, 5.74) is 0. The first-order valence-corrected chi connectivity index (χ1v) is 33.6. The van der Waals surface area contributed by atoms with Crippen molar-refractivity contribution in [1.82, 2.24) is 5.32 Å². The lowest BCUT2D eigenvalue weighted by Crippen LogP contribution is -2.45. The largest absolute Gasteiger partial charge is 0.465 e. The van der Waals surface area contributed by atoms with Crippen LogP contribution in [0.5, 0.6) is 0 Å². The maximum atomic E-state index is 12.5. The molecule has 444 valence electrons. The maximum Gasteiger partial charge on any atom is 0.305 e. The number of esters is 1. The lowest BCUT2D eigenvalue weighted by Gasteiger charge is -2.20. The Balaban J connectivity index is 3.49. The predicted molar refractivity (Wildman–Crippen MR) is 333 cm³/mol. The van der Waals surface area contributed by atoms with Gasteiger partial charge < -0.3 is 20.3 Å². The predicted octanol–water partition coefficient (Wildman–Crippen LogP) is 21.5. The Kier molecular flexibility index (Phi) is 63.0. The summed E-state index contributed by atoms with van der Waals surface area (Å²) in [5, 5.41) is 23.3. The highest BCUT2D eigenvalue weighted by Crippen LogP contribution is 2.18. The molecule has 0 aromatic rings. The van der Waals surface area contributed by atoms with E-state index in [1.54, 1.807) is 6.08 Å². The summed E-state index contributed by atoms with van der Waals surface area (Å²) in [6, 6.07) is -0.635. The molecule has 3 N–H and O–H groups in total. The van der Waals surface area contributed by atoms with Gasteiger partial charge in [-0.25, -0.2) is 0 Å². The van der Waals surface area contributed by atoms with Crippen molar-refractivity contribution in [1.29, 1.82) is 0 Å². The molecule has 6 heteroatoms. The number of carbonyl (C=O) groups excluding carboxylic acids is 2. The third kappa shape index (κ3) is 60.8. The number of rotatable bonds is 62. The molecule has 0 saturated carbocycles. The van der Waals surface area contributed by atoms with Gasteiger partial charge in [0.05, 0.1) is 25.4 Å². The van der Waals surface area contributed by atoms with E-state index in [2.05, 4.69) is 67.8 Å². The summed E-state index contributed by atoms with van der Waals surface area (Å²) in [6.45, 7) is 4.77. The van der Waals surface area contributed by atoms with E-state index in [-0.39, 0.29) is 18.5 Å². The van der Waals surface area contributed by atoms with Crippen LogP contribution in [0.3, 0.4) is 0 Å². The molecule has 0 saturated heterocycles. The van der Waals surface area contributed by atoms with Crippen LogP contribution in [-0.2, 0) is 14.3 Å². The van der Waals surface area contributed by atoms with E-state index in [1.165, 1.54) is 257 Å². The van der Waals surface area contributed by atoms with E-state index in [4.69, 9.17) is 4.74 Å². The standard InChI is InChI=1S/C70H129NO5/c1-3-5-7-9-11-13-15-17-19-20-21-22-23-24-26-29-32-35-38-42-46-50-54-58-62-68(73)67(66-72)71-69(74)63-59-55-51-47-43-39-36-33-30-27-25-28-31-34-37-41-45-49-53-57-61-65-76-70(75)64-60-56-52-48-44-40-18-16-14-12-10-8-6-4-2/h10,12,16,18,41,45,53,57-58,62,67-68,72-73H,3-9,11,13-15,17,19-40,42-44,46-52,54-56,59-61,63-66H2,1-2H3,(H,71,74)/b12-10-,18-16-,45-41-,57-53-,62-58+. The number of unbranched alkanes of at least 4 members (excludes halogenated alkanes) is 43. The summed E-state index contributed by atoms with van der Waals surface area (Å²) in [4.78, 5) is 24.5.